The summed E-state index contributed by atoms with van der Waals surface area (Å²) in [5, 5.41) is 13.5. The molecular formula is C13H14F3N3O3. The van der Waals surface area contributed by atoms with Gasteiger partial charge in [0.25, 0.3) is 5.69 Å². The fourth-order valence-electron chi connectivity index (χ4n) is 2.26. The van der Waals surface area contributed by atoms with Gasteiger partial charge in [0.1, 0.15) is 5.69 Å². The second-order valence-electron chi connectivity index (χ2n) is 4.93. The van der Waals surface area contributed by atoms with Crippen molar-refractivity contribution < 1.29 is 22.9 Å². The molecule has 1 aromatic rings. The van der Waals surface area contributed by atoms with Crippen LogP contribution < -0.4 is 5.32 Å². The molecule has 0 aromatic heterocycles. The Labute approximate surface area is 124 Å². The van der Waals surface area contributed by atoms with Crippen molar-refractivity contribution in [1.29, 1.82) is 0 Å². The first-order chi connectivity index (χ1) is 10.3. The van der Waals surface area contributed by atoms with Crippen molar-refractivity contribution in [2.45, 2.75) is 19.0 Å². The number of anilines is 1. The molecule has 0 radical (unpaired) electrons. The highest BCUT2D eigenvalue weighted by Gasteiger charge is 2.33. The summed E-state index contributed by atoms with van der Waals surface area (Å²) < 4.78 is 37.7. The summed E-state index contributed by atoms with van der Waals surface area (Å²) in [5.41, 5.74) is -1.91. The highest BCUT2D eigenvalue weighted by Crippen LogP contribution is 2.34. The third-order valence-corrected chi connectivity index (χ3v) is 3.41. The number of nitrogens with one attached hydrogen (secondary N) is 1. The van der Waals surface area contributed by atoms with E-state index in [1.165, 1.54) is 0 Å². The third kappa shape index (κ3) is 3.66. The Hall–Kier alpha value is -2.32. The molecule has 1 amide bonds. The fourth-order valence-corrected chi connectivity index (χ4v) is 2.26. The Kier molecular flexibility index (Phi) is 4.53. The topological polar surface area (TPSA) is 75.5 Å². The number of amides is 1. The number of rotatable bonds is 4. The molecule has 0 unspecified atom stereocenters. The van der Waals surface area contributed by atoms with Crippen LogP contribution in [0.3, 0.4) is 0 Å². The molecule has 2 rings (SSSR count). The van der Waals surface area contributed by atoms with Gasteiger partial charge in [0.2, 0.25) is 5.91 Å². The molecule has 1 N–H and O–H groups in total. The number of hydrogen-bond donors (Lipinski definition) is 1. The zero-order valence-corrected chi connectivity index (χ0v) is 11.5. The van der Waals surface area contributed by atoms with Gasteiger partial charge in [-0.15, -0.1) is 0 Å². The lowest BCUT2D eigenvalue weighted by molar-refractivity contribution is -0.384. The van der Waals surface area contributed by atoms with Crippen LogP contribution in [0.4, 0.5) is 24.5 Å². The summed E-state index contributed by atoms with van der Waals surface area (Å²) in [6.45, 7) is 1.08. The van der Waals surface area contributed by atoms with Crippen LogP contribution in [0.2, 0.25) is 0 Å². The van der Waals surface area contributed by atoms with Gasteiger partial charge in [-0.05, 0) is 25.0 Å². The maximum Gasteiger partial charge on any atom is 0.416 e. The van der Waals surface area contributed by atoms with Gasteiger partial charge in [0.05, 0.1) is 17.0 Å². The number of alkyl halides is 3. The van der Waals surface area contributed by atoms with E-state index in [9.17, 15) is 28.1 Å². The van der Waals surface area contributed by atoms with E-state index in [1.807, 2.05) is 0 Å². The van der Waals surface area contributed by atoms with Gasteiger partial charge < -0.3 is 10.2 Å². The predicted octanol–water partition coefficient (Wildman–Crippen LogP) is 2.65. The maximum atomic E-state index is 12.6. The maximum absolute atomic E-state index is 12.6. The largest absolute Gasteiger partial charge is 0.416 e. The number of hydrogen-bond acceptors (Lipinski definition) is 4. The number of nitro groups is 1. The number of nitrogens with zero attached hydrogens (tertiary/aromatic N) is 2. The minimum Gasteiger partial charge on any atom is -0.371 e. The molecule has 9 heteroatoms. The van der Waals surface area contributed by atoms with E-state index in [0.717, 1.165) is 25.0 Å². The quantitative estimate of drug-likeness (QED) is 0.684. The molecule has 1 heterocycles. The first kappa shape index (κ1) is 16.1. The second-order valence-corrected chi connectivity index (χ2v) is 4.93. The molecule has 0 spiro atoms. The zero-order valence-electron chi connectivity index (χ0n) is 11.5. The van der Waals surface area contributed by atoms with Gasteiger partial charge in [-0.1, -0.05) is 0 Å². The van der Waals surface area contributed by atoms with Crippen molar-refractivity contribution in [3.05, 3.63) is 33.9 Å². The average Bonchev–Trinajstić information content (AvgIpc) is 2.97. The molecule has 6 nitrogen and oxygen atoms in total. The number of carbonyl (C=O) groups excluding carboxylic acids is 1. The Bertz CT molecular complexity index is 584. The van der Waals surface area contributed by atoms with Gasteiger partial charge in [0.15, 0.2) is 0 Å². The van der Waals surface area contributed by atoms with Gasteiger partial charge in [0, 0.05) is 19.2 Å². The van der Waals surface area contributed by atoms with Gasteiger partial charge >= 0.3 is 6.18 Å². The lowest BCUT2D eigenvalue weighted by Crippen LogP contribution is -2.33. The normalized spacial score (nSPS) is 15.0. The van der Waals surface area contributed by atoms with Crippen molar-refractivity contribution in [1.82, 2.24) is 4.90 Å². The molecule has 120 valence electrons. The summed E-state index contributed by atoms with van der Waals surface area (Å²) in [5.74, 6) is -0.230. The van der Waals surface area contributed by atoms with Crippen LogP contribution in [-0.4, -0.2) is 35.4 Å². The van der Waals surface area contributed by atoms with Crippen LogP contribution >= 0.6 is 0 Å². The second kappa shape index (κ2) is 6.20. The molecule has 1 aromatic carbocycles. The molecule has 1 fully saturated rings. The minimum atomic E-state index is -4.66. The number of benzene rings is 1. The number of likely N-dealkylation sites (tertiary alicyclic amines) is 1. The Morgan fingerprint density at radius 2 is 1.95 bits per heavy atom. The van der Waals surface area contributed by atoms with Crippen molar-refractivity contribution in [2.24, 2.45) is 0 Å². The van der Waals surface area contributed by atoms with Crippen LogP contribution in [0, 0.1) is 10.1 Å². The standard InChI is InChI=1S/C13H14F3N3O3/c14-13(15,16)9-3-4-10(11(7-9)19(21)22)17-8-12(20)18-5-1-2-6-18/h3-4,7,17H,1-2,5-6,8H2. The molecule has 0 bridgehead atoms. The summed E-state index contributed by atoms with van der Waals surface area (Å²) in [4.78, 5) is 23.5. The zero-order chi connectivity index (χ0) is 16.3. The summed E-state index contributed by atoms with van der Waals surface area (Å²) in [6.07, 6.45) is -2.84. The first-order valence-corrected chi connectivity index (χ1v) is 6.66. The van der Waals surface area contributed by atoms with E-state index < -0.39 is 22.4 Å². The van der Waals surface area contributed by atoms with E-state index in [-0.39, 0.29) is 18.1 Å². The number of nitro benzene ring substituents is 1. The molecule has 1 aliphatic rings. The summed E-state index contributed by atoms with van der Waals surface area (Å²) in [7, 11) is 0. The van der Waals surface area contributed by atoms with Crippen molar-refractivity contribution >= 4 is 17.3 Å². The molecule has 22 heavy (non-hydrogen) atoms. The number of carbonyl (C=O) groups is 1. The van der Waals surface area contributed by atoms with E-state index in [4.69, 9.17) is 0 Å². The fraction of sp³-hybridized carbons (Fsp3) is 0.462. The van der Waals surface area contributed by atoms with Crippen LogP contribution in [0.15, 0.2) is 18.2 Å². The average molecular weight is 317 g/mol. The van der Waals surface area contributed by atoms with E-state index >= 15 is 0 Å². The van der Waals surface area contributed by atoms with E-state index in [2.05, 4.69) is 5.32 Å². The van der Waals surface area contributed by atoms with Gasteiger partial charge in [-0.3, -0.25) is 14.9 Å². The van der Waals surface area contributed by atoms with Crippen LogP contribution in [0.5, 0.6) is 0 Å². The monoisotopic (exact) mass is 317 g/mol. The molecule has 0 atom stereocenters. The lowest BCUT2D eigenvalue weighted by Gasteiger charge is -2.16. The first-order valence-electron chi connectivity index (χ1n) is 6.66. The Balaban J connectivity index is 2.13. The highest BCUT2D eigenvalue weighted by atomic mass is 19.4. The molecule has 0 aliphatic carbocycles. The minimum absolute atomic E-state index is 0.106. The Morgan fingerprint density at radius 3 is 2.50 bits per heavy atom. The highest BCUT2D eigenvalue weighted by molar-refractivity contribution is 5.82. The number of halogens is 3. The van der Waals surface area contributed by atoms with Crippen LogP contribution in [0.1, 0.15) is 18.4 Å². The lowest BCUT2D eigenvalue weighted by atomic mass is 10.1. The van der Waals surface area contributed by atoms with E-state index in [1.54, 1.807) is 4.90 Å². The Morgan fingerprint density at radius 1 is 1.32 bits per heavy atom. The molecule has 1 aliphatic heterocycles. The molecule has 1 saturated heterocycles. The van der Waals surface area contributed by atoms with E-state index in [0.29, 0.717) is 19.2 Å². The molecule has 0 saturated carbocycles. The van der Waals surface area contributed by atoms with Crippen molar-refractivity contribution in [2.75, 3.05) is 25.0 Å². The SMILES string of the molecule is O=C(CNc1ccc(C(F)(F)F)cc1[N+](=O)[O-])N1CCCC1. The van der Waals surface area contributed by atoms with Crippen LogP contribution in [-0.2, 0) is 11.0 Å². The van der Waals surface area contributed by atoms with Gasteiger partial charge in [-0.25, -0.2) is 0 Å². The van der Waals surface area contributed by atoms with Crippen LogP contribution in [0.25, 0.3) is 0 Å². The summed E-state index contributed by atoms with van der Waals surface area (Å²) >= 11 is 0. The summed E-state index contributed by atoms with van der Waals surface area (Å²) in [6, 6.07) is 2.18. The van der Waals surface area contributed by atoms with Crippen molar-refractivity contribution in [3.63, 3.8) is 0 Å². The smallest absolute Gasteiger partial charge is 0.371 e. The van der Waals surface area contributed by atoms with Crippen molar-refractivity contribution in [3.8, 4) is 0 Å². The third-order valence-electron chi connectivity index (χ3n) is 3.41. The molecular weight excluding hydrogens is 303 g/mol. The predicted molar refractivity (Wildman–Crippen MR) is 72.4 cm³/mol. The van der Waals surface area contributed by atoms with Gasteiger partial charge in [-0.2, -0.15) is 13.2 Å².